The van der Waals surface area contributed by atoms with Crippen molar-refractivity contribution >= 4 is 17.8 Å². The van der Waals surface area contributed by atoms with E-state index in [1.54, 1.807) is 0 Å². The number of rotatable bonds is 0. The van der Waals surface area contributed by atoms with Crippen molar-refractivity contribution in [3.8, 4) is 0 Å². The maximum atomic E-state index is 12.3. The number of carbonyl (C=O) groups excluding carboxylic acids is 2. The zero-order valence-corrected chi connectivity index (χ0v) is 7.62. The number of esters is 1. The van der Waals surface area contributed by atoms with Gasteiger partial charge in [0, 0.05) is 0 Å². The molecule has 2 aliphatic rings. The lowest BCUT2D eigenvalue weighted by Gasteiger charge is -2.20. The summed E-state index contributed by atoms with van der Waals surface area (Å²) in [7, 11) is 0. The molecule has 1 aliphatic carbocycles. The Morgan fingerprint density at radius 2 is 2.00 bits per heavy atom. The van der Waals surface area contributed by atoms with Gasteiger partial charge in [-0.3, -0.25) is 0 Å². The minimum absolute atomic E-state index is 0.0956. The Hall–Kier alpha value is -1.92. The van der Waals surface area contributed by atoms with E-state index >= 15 is 0 Å². The summed E-state index contributed by atoms with van der Waals surface area (Å²) in [6.07, 6.45) is -3.09. The number of cyclic esters (lactones) is 2. The molecule has 0 saturated heterocycles. The number of ether oxygens (including phenoxy) is 1. The molecule has 0 aromatic heterocycles. The van der Waals surface area contributed by atoms with Crippen molar-refractivity contribution in [3.05, 3.63) is 23.8 Å². The van der Waals surface area contributed by atoms with E-state index in [0.717, 1.165) is 12.2 Å². The van der Waals surface area contributed by atoms with Crippen LogP contribution in [0.3, 0.4) is 0 Å². The number of aliphatic imine (C=N–C) groups is 1. The average Bonchev–Trinajstić information content (AvgIpc) is 2.15. The third-order valence-corrected chi connectivity index (χ3v) is 2.07. The van der Waals surface area contributed by atoms with Crippen molar-refractivity contribution in [1.82, 2.24) is 0 Å². The Balaban J connectivity index is 2.41. The van der Waals surface area contributed by atoms with Crippen LogP contribution in [0.5, 0.6) is 0 Å². The standard InChI is InChI=1S/C9H4F3NO3/c10-9(11,12)4-1-2-6-5(3-4)7(14)16-8(15)13-6/h1-4H. The number of fused-ring (bicyclic) bond motifs is 1. The molecule has 84 valence electrons. The van der Waals surface area contributed by atoms with Crippen LogP contribution in [0.1, 0.15) is 0 Å². The molecular weight excluding hydrogens is 227 g/mol. The number of halogens is 3. The van der Waals surface area contributed by atoms with E-state index in [9.17, 15) is 22.8 Å². The third kappa shape index (κ3) is 1.75. The highest BCUT2D eigenvalue weighted by Gasteiger charge is 2.40. The van der Waals surface area contributed by atoms with Crippen LogP contribution < -0.4 is 0 Å². The first-order chi connectivity index (χ1) is 7.38. The highest BCUT2D eigenvalue weighted by Crippen LogP contribution is 2.32. The number of nitrogens with zero attached hydrogens (tertiary/aromatic N) is 1. The molecule has 1 aliphatic heterocycles. The van der Waals surface area contributed by atoms with Gasteiger partial charge in [0.05, 0.1) is 17.2 Å². The molecule has 0 radical (unpaired) electrons. The van der Waals surface area contributed by atoms with Crippen LogP contribution in [0.2, 0.25) is 0 Å². The molecule has 0 saturated carbocycles. The Morgan fingerprint density at radius 1 is 1.31 bits per heavy atom. The first-order valence-electron chi connectivity index (χ1n) is 4.20. The number of amides is 1. The van der Waals surface area contributed by atoms with Gasteiger partial charge in [-0.15, -0.1) is 0 Å². The van der Waals surface area contributed by atoms with Crippen LogP contribution in [0.4, 0.5) is 18.0 Å². The molecule has 0 aromatic carbocycles. The van der Waals surface area contributed by atoms with Crippen molar-refractivity contribution in [3.63, 3.8) is 0 Å². The molecule has 1 unspecified atom stereocenters. The van der Waals surface area contributed by atoms with Gasteiger partial charge in [-0.2, -0.15) is 18.2 Å². The minimum atomic E-state index is -4.48. The summed E-state index contributed by atoms with van der Waals surface area (Å²) < 4.78 is 41.1. The van der Waals surface area contributed by atoms with Gasteiger partial charge in [0.1, 0.15) is 0 Å². The first-order valence-corrected chi connectivity index (χ1v) is 4.20. The lowest BCUT2D eigenvalue weighted by Crippen LogP contribution is -2.29. The predicted octanol–water partition coefficient (Wildman–Crippen LogP) is 1.78. The Labute approximate surface area is 87.1 Å². The summed E-state index contributed by atoms with van der Waals surface area (Å²) in [5.74, 6) is -2.96. The lowest BCUT2D eigenvalue weighted by molar-refractivity contribution is -0.149. The van der Waals surface area contributed by atoms with Crippen molar-refractivity contribution < 1.29 is 27.5 Å². The lowest BCUT2D eigenvalue weighted by atomic mass is 9.95. The number of allylic oxidation sites excluding steroid dienone is 3. The molecule has 7 heteroatoms. The van der Waals surface area contributed by atoms with E-state index in [0.29, 0.717) is 6.08 Å². The average molecular weight is 231 g/mol. The fraction of sp³-hybridized carbons (Fsp3) is 0.222. The zero-order chi connectivity index (χ0) is 11.9. The van der Waals surface area contributed by atoms with E-state index in [2.05, 4.69) is 9.73 Å². The van der Waals surface area contributed by atoms with Crippen LogP contribution in [0.15, 0.2) is 28.8 Å². The topological polar surface area (TPSA) is 55.7 Å². The van der Waals surface area contributed by atoms with Crippen LogP contribution in [0.25, 0.3) is 0 Å². The van der Waals surface area contributed by atoms with Crippen LogP contribution in [0, 0.1) is 5.92 Å². The Morgan fingerprint density at radius 3 is 2.62 bits per heavy atom. The number of carbonyl (C=O) groups is 2. The van der Waals surface area contributed by atoms with Crippen LogP contribution in [-0.2, 0) is 9.53 Å². The van der Waals surface area contributed by atoms with Crippen LogP contribution in [-0.4, -0.2) is 24.0 Å². The smallest absolute Gasteiger partial charge is 0.371 e. The zero-order valence-electron chi connectivity index (χ0n) is 7.62. The summed E-state index contributed by atoms with van der Waals surface area (Å²) in [5.41, 5.74) is -0.425. The summed E-state index contributed by atoms with van der Waals surface area (Å²) >= 11 is 0. The number of alkyl halides is 3. The second-order valence-corrected chi connectivity index (χ2v) is 3.16. The second kappa shape index (κ2) is 3.29. The third-order valence-electron chi connectivity index (χ3n) is 2.07. The summed E-state index contributed by atoms with van der Waals surface area (Å²) in [4.78, 5) is 25.1. The minimum Gasteiger partial charge on any atom is -0.371 e. The van der Waals surface area contributed by atoms with E-state index in [4.69, 9.17) is 0 Å². The van der Waals surface area contributed by atoms with Gasteiger partial charge in [-0.25, -0.2) is 9.59 Å². The van der Waals surface area contributed by atoms with Crippen molar-refractivity contribution in [2.45, 2.75) is 6.18 Å². The van der Waals surface area contributed by atoms with Crippen molar-refractivity contribution in [1.29, 1.82) is 0 Å². The SMILES string of the molecule is O=C1N=C2C=CC(C(F)(F)F)C=C2C(=O)O1. The van der Waals surface area contributed by atoms with E-state index in [-0.39, 0.29) is 11.3 Å². The van der Waals surface area contributed by atoms with Gasteiger partial charge in [-0.1, -0.05) is 12.2 Å². The quantitative estimate of drug-likeness (QED) is 0.471. The molecule has 1 amide bonds. The van der Waals surface area contributed by atoms with Crippen molar-refractivity contribution in [2.24, 2.45) is 10.9 Å². The van der Waals surface area contributed by atoms with E-state index in [1.165, 1.54) is 0 Å². The summed E-state index contributed by atoms with van der Waals surface area (Å²) in [6, 6.07) is 0. The highest BCUT2D eigenvalue weighted by molar-refractivity contribution is 6.30. The molecule has 0 spiro atoms. The Kier molecular flexibility index (Phi) is 2.18. The molecule has 0 fully saturated rings. The molecule has 0 aromatic rings. The van der Waals surface area contributed by atoms with Crippen molar-refractivity contribution in [2.75, 3.05) is 0 Å². The normalized spacial score (nSPS) is 24.6. The van der Waals surface area contributed by atoms with Gasteiger partial charge >= 0.3 is 18.2 Å². The molecule has 16 heavy (non-hydrogen) atoms. The van der Waals surface area contributed by atoms with Gasteiger partial charge < -0.3 is 4.74 Å². The fourth-order valence-electron chi connectivity index (χ4n) is 1.33. The summed E-state index contributed by atoms with van der Waals surface area (Å²) in [6.45, 7) is 0. The maximum Gasteiger partial charge on any atom is 0.442 e. The molecule has 1 heterocycles. The van der Waals surface area contributed by atoms with Gasteiger partial charge in [0.15, 0.2) is 0 Å². The second-order valence-electron chi connectivity index (χ2n) is 3.16. The summed E-state index contributed by atoms with van der Waals surface area (Å²) in [5, 5.41) is 0. The predicted molar refractivity (Wildman–Crippen MR) is 45.7 cm³/mol. The molecule has 0 N–H and O–H groups in total. The molecular formula is C9H4F3NO3. The monoisotopic (exact) mass is 231 g/mol. The van der Waals surface area contributed by atoms with Gasteiger partial charge in [-0.05, 0) is 6.08 Å². The maximum absolute atomic E-state index is 12.3. The molecule has 0 bridgehead atoms. The first kappa shape index (κ1) is 10.6. The van der Waals surface area contributed by atoms with Gasteiger partial charge in [0.2, 0.25) is 0 Å². The number of hydrogen-bond donors (Lipinski definition) is 0. The van der Waals surface area contributed by atoms with Crippen LogP contribution >= 0.6 is 0 Å². The Bertz CT molecular complexity index is 459. The fourth-order valence-corrected chi connectivity index (χ4v) is 1.33. The molecule has 4 nitrogen and oxygen atoms in total. The van der Waals surface area contributed by atoms with E-state index in [1.807, 2.05) is 0 Å². The van der Waals surface area contributed by atoms with E-state index < -0.39 is 24.2 Å². The number of hydrogen-bond acceptors (Lipinski definition) is 3. The molecule has 1 atom stereocenters. The largest absolute Gasteiger partial charge is 0.442 e. The highest BCUT2D eigenvalue weighted by atomic mass is 19.4. The van der Waals surface area contributed by atoms with Gasteiger partial charge in [0.25, 0.3) is 0 Å². The molecule has 2 rings (SSSR count).